The predicted molar refractivity (Wildman–Crippen MR) is 124 cm³/mol. The van der Waals surface area contributed by atoms with E-state index in [0.717, 1.165) is 35.6 Å². The summed E-state index contributed by atoms with van der Waals surface area (Å²) < 4.78 is 39.8. The van der Waals surface area contributed by atoms with Gasteiger partial charge in [0.1, 0.15) is 0 Å². The van der Waals surface area contributed by atoms with Crippen LogP contribution in [0.2, 0.25) is 0 Å². The minimum absolute atomic E-state index is 0.233. The van der Waals surface area contributed by atoms with E-state index >= 15 is 0 Å². The first-order valence-corrected chi connectivity index (χ1v) is 11.5. The summed E-state index contributed by atoms with van der Waals surface area (Å²) in [5.41, 5.74) is 1.37. The molecule has 5 rings (SSSR count). The van der Waals surface area contributed by atoms with Gasteiger partial charge in [0.05, 0.1) is 11.8 Å². The maximum atomic E-state index is 13.3. The van der Waals surface area contributed by atoms with E-state index in [1.54, 1.807) is 12.3 Å². The first-order chi connectivity index (χ1) is 15.9. The molecule has 2 aromatic carbocycles. The van der Waals surface area contributed by atoms with E-state index in [1.165, 1.54) is 45.3 Å². The molecule has 0 bridgehead atoms. The maximum absolute atomic E-state index is 13.3. The molecule has 2 fully saturated rings. The molecule has 8 heteroatoms. The minimum Gasteiger partial charge on any atom is -0.370 e. The normalized spacial score (nSPS) is 19.5. The number of fused-ring (bicyclic) bond motifs is 1. The van der Waals surface area contributed by atoms with E-state index in [9.17, 15) is 13.2 Å². The highest BCUT2D eigenvalue weighted by Crippen LogP contribution is 2.34. The van der Waals surface area contributed by atoms with Crippen LogP contribution in [-0.4, -0.2) is 47.3 Å². The van der Waals surface area contributed by atoms with Crippen LogP contribution >= 0.6 is 0 Å². The molecular weight excluding hydrogens is 427 g/mol. The first-order valence-electron chi connectivity index (χ1n) is 11.5. The van der Waals surface area contributed by atoms with E-state index in [2.05, 4.69) is 37.4 Å². The lowest BCUT2D eigenvalue weighted by Crippen LogP contribution is -2.53. The fourth-order valence-electron chi connectivity index (χ4n) is 4.95. The standard InChI is InChI=1S/C25H28F3N5/c1-17-18(5-2-7-23(17)25(26,27)28)14-29-24-22-13-20(9-8-19(22)15-30-31-24)33-10-3-6-21(16-33)32-11-4-12-32/h2,5,7-9,13,15,21H,3-4,6,10-12,14,16H2,1H3,(H,29,31). The number of benzene rings is 2. The number of nitrogens with zero attached hydrogens (tertiary/aromatic N) is 4. The third kappa shape index (κ3) is 4.49. The lowest BCUT2D eigenvalue weighted by Gasteiger charge is -2.44. The van der Waals surface area contributed by atoms with Crippen molar-refractivity contribution in [1.82, 2.24) is 15.1 Å². The summed E-state index contributed by atoms with van der Waals surface area (Å²) in [6.45, 7) is 6.21. The van der Waals surface area contributed by atoms with Crippen molar-refractivity contribution in [2.24, 2.45) is 0 Å². The predicted octanol–water partition coefficient (Wildman–Crippen LogP) is 5.24. The molecule has 0 saturated carbocycles. The summed E-state index contributed by atoms with van der Waals surface area (Å²) in [4.78, 5) is 5.01. The number of piperidine rings is 1. The molecule has 1 unspecified atom stereocenters. The van der Waals surface area contributed by atoms with E-state index < -0.39 is 11.7 Å². The average Bonchev–Trinajstić information content (AvgIpc) is 2.76. The van der Waals surface area contributed by atoms with Crippen molar-refractivity contribution in [3.8, 4) is 0 Å². The fourth-order valence-corrected chi connectivity index (χ4v) is 4.95. The third-order valence-corrected chi connectivity index (χ3v) is 7.01. The average molecular weight is 456 g/mol. The Kier molecular flexibility index (Phi) is 5.86. The molecule has 3 aromatic rings. The summed E-state index contributed by atoms with van der Waals surface area (Å²) in [5, 5.41) is 13.5. The number of anilines is 2. The van der Waals surface area contributed by atoms with Crippen LogP contribution in [0, 0.1) is 6.92 Å². The highest BCUT2D eigenvalue weighted by Gasteiger charge is 2.33. The Balaban J connectivity index is 1.38. The number of likely N-dealkylation sites (tertiary alicyclic amines) is 1. The zero-order valence-electron chi connectivity index (χ0n) is 18.7. The quantitative estimate of drug-likeness (QED) is 0.570. The highest BCUT2D eigenvalue weighted by atomic mass is 19.4. The third-order valence-electron chi connectivity index (χ3n) is 7.01. The molecule has 174 valence electrons. The van der Waals surface area contributed by atoms with Crippen molar-refractivity contribution in [3.05, 3.63) is 59.3 Å². The van der Waals surface area contributed by atoms with Gasteiger partial charge in [-0.05, 0) is 68.6 Å². The lowest BCUT2D eigenvalue weighted by molar-refractivity contribution is -0.138. The number of alkyl halides is 3. The topological polar surface area (TPSA) is 44.3 Å². The van der Waals surface area contributed by atoms with Gasteiger partial charge in [-0.15, -0.1) is 5.10 Å². The summed E-state index contributed by atoms with van der Waals surface area (Å²) in [6.07, 6.45) is 1.08. The van der Waals surface area contributed by atoms with Gasteiger partial charge in [0.15, 0.2) is 5.82 Å². The summed E-state index contributed by atoms with van der Waals surface area (Å²) in [6, 6.07) is 11.2. The number of hydrogen-bond acceptors (Lipinski definition) is 5. The van der Waals surface area contributed by atoms with Crippen LogP contribution in [0.25, 0.3) is 10.8 Å². The Bertz CT molecular complexity index is 1140. The molecule has 3 heterocycles. The smallest absolute Gasteiger partial charge is 0.370 e. The zero-order chi connectivity index (χ0) is 23.0. The van der Waals surface area contributed by atoms with E-state index in [0.29, 0.717) is 17.4 Å². The number of halogens is 3. The van der Waals surface area contributed by atoms with E-state index in [-0.39, 0.29) is 12.1 Å². The monoisotopic (exact) mass is 455 g/mol. The van der Waals surface area contributed by atoms with Crippen LogP contribution < -0.4 is 10.2 Å². The molecule has 0 spiro atoms. The lowest BCUT2D eigenvalue weighted by atomic mass is 9.99. The molecular formula is C25H28F3N5. The molecule has 0 aliphatic carbocycles. The van der Waals surface area contributed by atoms with E-state index in [4.69, 9.17) is 0 Å². The van der Waals surface area contributed by atoms with E-state index in [1.807, 2.05) is 6.07 Å². The van der Waals surface area contributed by atoms with Crippen LogP contribution in [0.1, 0.15) is 36.0 Å². The number of nitrogens with one attached hydrogen (secondary N) is 1. The number of aromatic nitrogens is 2. The van der Waals surface area contributed by atoms with Crippen molar-refractivity contribution in [3.63, 3.8) is 0 Å². The minimum atomic E-state index is -4.36. The van der Waals surface area contributed by atoms with Gasteiger partial charge in [-0.25, -0.2) is 0 Å². The van der Waals surface area contributed by atoms with Crippen LogP contribution in [0.5, 0.6) is 0 Å². The van der Waals surface area contributed by atoms with Gasteiger partial charge < -0.3 is 10.2 Å². The van der Waals surface area contributed by atoms with Crippen molar-refractivity contribution in [1.29, 1.82) is 0 Å². The first kappa shape index (κ1) is 21.9. The number of rotatable bonds is 5. The van der Waals surface area contributed by atoms with Gasteiger partial charge >= 0.3 is 6.18 Å². The Morgan fingerprint density at radius 3 is 2.70 bits per heavy atom. The van der Waals surface area contributed by atoms with Gasteiger partial charge in [0, 0.05) is 42.1 Å². The maximum Gasteiger partial charge on any atom is 0.416 e. The zero-order valence-corrected chi connectivity index (χ0v) is 18.7. The number of hydrogen-bond donors (Lipinski definition) is 1. The summed E-state index contributed by atoms with van der Waals surface area (Å²) in [5.74, 6) is 0.586. The van der Waals surface area contributed by atoms with Crippen LogP contribution in [0.15, 0.2) is 42.6 Å². The second-order valence-electron chi connectivity index (χ2n) is 9.04. The molecule has 2 aliphatic rings. The highest BCUT2D eigenvalue weighted by molar-refractivity contribution is 5.93. The van der Waals surface area contributed by atoms with Gasteiger partial charge in [-0.1, -0.05) is 18.2 Å². The van der Waals surface area contributed by atoms with Crippen molar-refractivity contribution in [2.45, 2.75) is 44.9 Å². The van der Waals surface area contributed by atoms with Crippen molar-refractivity contribution in [2.75, 3.05) is 36.4 Å². The van der Waals surface area contributed by atoms with Crippen molar-refractivity contribution < 1.29 is 13.2 Å². The second kappa shape index (κ2) is 8.82. The Labute approximate surface area is 191 Å². The van der Waals surface area contributed by atoms with Crippen LogP contribution in [0.3, 0.4) is 0 Å². The second-order valence-corrected chi connectivity index (χ2v) is 9.04. The SMILES string of the molecule is Cc1c(CNc2nncc3ccc(N4CCCC(N5CCC5)C4)cc23)cccc1C(F)(F)F. The molecule has 0 radical (unpaired) electrons. The molecule has 33 heavy (non-hydrogen) atoms. The largest absolute Gasteiger partial charge is 0.416 e. The summed E-state index contributed by atoms with van der Waals surface area (Å²) >= 11 is 0. The molecule has 1 atom stereocenters. The van der Waals surface area contributed by atoms with Gasteiger partial charge in [0.2, 0.25) is 0 Å². The van der Waals surface area contributed by atoms with Gasteiger partial charge in [0.25, 0.3) is 0 Å². The van der Waals surface area contributed by atoms with Crippen molar-refractivity contribution >= 4 is 22.3 Å². The molecule has 1 aromatic heterocycles. The van der Waals surface area contributed by atoms with Gasteiger partial charge in [-0.3, -0.25) is 4.90 Å². The van der Waals surface area contributed by atoms with Gasteiger partial charge in [-0.2, -0.15) is 18.3 Å². The Morgan fingerprint density at radius 1 is 1.09 bits per heavy atom. The molecule has 2 aliphatic heterocycles. The molecule has 2 saturated heterocycles. The molecule has 5 nitrogen and oxygen atoms in total. The molecule has 1 N–H and O–H groups in total. The summed E-state index contributed by atoms with van der Waals surface area (Å²) in [7, 11) is 0. The van der Waals surface area contributed by atoms with Crippen LogP contribution in [0.4, 0.5) is 24.7 Å². The Morgan fingerprint density at radius 2 is 1.94 bits per heavy atom. The van der Waals surface area contributed by atoms with Crippen LogP contribution in [-0.2, 0) is 12.7 Å². The Hall–Kier alpha value is -2.87. The fraction of sp³-hybridized carbons (Fsp3) is 0.440. The molecule has 0 amide bonds.